The van der Waals surface area contributed by atoms with Crippen molar-refractivity contribution in [2.24, 2.45) is 0 Å². The molecule has 0 unspecified atom stereocenters. The van der Waals surface area contributed by atoms with Gasteiger partial charge in [-0.05, 0) is 33.0 Å². The summed E-state index contributed by atoms with van der Waals surface area (Å²) >= 11 is 0. The van der Waals surface area contributed by atoms with Crippen LogP contribution in [-0.4, -0.2) is 42.3 Å². The minimum Gasteiger partial charge on any atom is -0.448 e. The lowest BCUT2D eigenvalue weighted by molar-refractivity contribution is -0.194. The summed E-state index contributed by atoms with van der Waals surface area (Å²) in [6.07, 6.45) is 1.56. The fourth-order valence-corrected chi connectivity index (χ4v) is 2.27. The zero-order valence-electron chi connectivity index (χ0n) is 9.08. The third-order valence-electron chi connectivity index (χ3n) is 3.49. The van der Waals surface area contributed by atoms with E-state index in [1.807, 2.05) is 0 Å². The van der Waals surface area contributed by atoms with Gasteiger partial charge in [0.25, 0.3) is 5.91 Å². The van der Waals surface area contributed by atoms with Gasteiger partial charge in [-0.25, -0.2) is 4.79 Å². The Kier molecular flexibility index (Phi) is 2.10. The molecule has 2 fully saturated rings. The van der Waals surface area contributed by atoms with Gasteiger partial charge in [0, 0.05) is 6.54 Å². The third kappa shape index (κ3) is 1.21. The van der Waals surface area contributed by atoms with Gasteiger partial charge in [0.15, 0.2) is 5.60 Å². The number of amides is 1. The van der Waals surface area contributed by atoms with Crippen LogP contribution in [0.1, 0.15) is 26.7 Å². The number of ether oxygens (including phenoxy) is 1. The van der Waals surface area contributed by atoms with Gasteiger partial charge in [-0.15, -0.1) is 0 Å². The summed E-state index contributed by atoms with van der Waals surface area (Å²) in [5, 5.41) is 0. The lowest BCUT2D eigenvalue weighted by Crippen LogP contribution is -2.65. The number of fused-ring (bicyclic) bond motifs is 1. The second kappa shape index (κ2) is 3.00. The van der Waals surface area contributed by atoms with Gasteiger partial charge in [0.2, 0.25) is 0 Å². The van der Waals surface area contributed by atoms with E-state index in [-0.39, 0.29) is 18.2 Å². The zero-order valence-corrected chi connectivity index (χ0v) is 9.08. The summed E-state index contributed by atoms with van der Waals surface area (Å²) in [7, 11) is 5.49. The Labute approximate surface area is 90.4 Å². The summed E-state index contributed by atoms with van der Waals surface area (Å²) in [6.45, 7) is 3.96. The summed E-state index contributed by atoms with van der Waals surface area (Å²) in [5.74, 6) is -0.489. The maximum Gasteiger partial charge on any atom is 0.332 e. The van der Waals surface area contributed by atoms with Crippen molar-refractivity contribution < 1.29 is 14.3 Å². The molecule has 0 saturated carbocycles. The summed E-state index contributed by atoms with van der Waals surface area (Å²) in [6, 6.07) is 0. The van der Waals surface area contributed by atoms with Gasteiger partial charge in [0.1, 0.15) is 5.54 Å². The highest BCUT2D eigenvalue weighted by Crippen LogP contribution is 2.39. The Balaban J connectivity index is 2.38. The van der Waals surface area contributed by atoms with Gasteiger partial charge in [0.05, 0.1) is 7.85 Å². The number of cyclic esters (lactones) is 1. The molecule has 0 bridgehead atoms. The van der Waals surface area contributed by atoms with Crippen molar-refractivity contribution in [2.45, 2.75) is 44.1 Å². The number of rotatable bonds is 1. The van der Waals surface area contributed by atoms with Gasteiger partial charge in [-0.1, -0.05) is 0 Å². The van der Waals surface area contributed by atoms with E-state index in [0.717, 1.165) is 6.42 Å². The Morgan fingerprint density at radius 2 is 2.13 bits per heavy atom. The third-order valence-corrected chi connectivity index (χ3v) is 3.49. The van der Waals surface area contributed by atoms with Crippen LogP contribution in [0.5, 0.6) is 0 Å². The molecular formula is C10H14BNO3. The normalized spacial score (nSPS) is 40.3. The zero-order chi connectivity index (χ0) is 11.3. The van der Waals surface area contributed by atoms with E-state index in [1.54, 1.807) is 18.7 Å². The number of nitrogens with zero attached hydrogens (tertiary/aromatic N) is 1. The molecule has 2 atom stereocenters. The minimum atomic E-state index is -1.17. The molecule has 0 spiro atoms. The molecule has 0 N–H and O–H groups in total. The molecule has 4 nitrogen and oxygen atoms in total. The highest BCUT2D eigenvalue weighted by atomic mass is 16.6. The van der Waals surface area contributed by atoms with E-state index in [4.69, 9.17) is 12.6 Å². The van der Waals surface area contributed by atoms with Crippen molar-refractivity contribution in [3.05, 3.63) is 0 Å². The molecule has 2 aliphatic rings. The number of hydrogen-bond donors (Lipinski definition) is 0. The molecule has 80 valence electrons. The fraction of sp³-hybridized carbons (Fsp3) is 0.800. The average molecular weight is 207 g/mol. The van der Waals surface area contributed by atoms with Crippen LogP contribution in [0.4, 0.5) is 0 Å². The first-order chi connectivity index (χ1) is 6.94. The predicted molar refractivity (Wildman–Crippen MR) is 54.4 cm³/mol. The van der Waals surface area contributed by atoms with Crippen molar-refractivity contribution in [1.82, 2.24) is 4.90 Å². The first kappa shape index (κ1) is 10.5. The molecule has 0 aromatic heterocycles. The molecule has 2 aliphatic heterocycles. The Morgan fingerprint density at radius 1 is 1.47 bits per heavy atom. The molecule has 0 aliphatic carbocycles. The van der Waals surface area contributed by atoms with Crippen LogP contribution >= 0.6 is 0 Å². The SMILES string of the molecule is [B]C[C@]1(C)OC(=O)[C@@]2(C)CCCN2C1=O. The van der Waals surface area contributed by atoms with Crippen LogP contribution in [0.25, 0.3) is 0 Å². The topological polar surface area (TPSA) is 46.6 Å². The van der Waals surface area contributed by atoms with E-state index in [9.17, 15) is 9.59 Å². The van der Waals surface area contributed by atoms with E-state index in [0.29, 0.717) is 13.0 Å². The standard InChI is InChI=1S/C10H14BNO3/c1-9-4-3-5-12(9)7(13)10(2,6-11)15-8(9)14/h3-6H2,1-2H3/t9-,10+/m1/s1. The van der Waals surface area contributed by atoms with Crippen molar-refractivity contribution in [3.8, 4) is 0 Å². The van der Waals surface area contributed by atoms with Crippen LogP contribution in [-0.2, 0) is 14.3 Å². The number of esters is 1. The Hall–Kier alpha value is -0.995. The summed E-state index contributed by atoms with van der Waals surface area (Å²) in [4.78, 5) is 25.5. The van der Waals surface area contributed by atoms with Crippen molar-refractivity contribution >= 4 is 19.7 Å². The molecule has 15 heavy (non-hydrogen) atoms. The van der Waals surface area contributed by atoms with E-state index in [1.165, 1.54) is 0 Å². The first-order valence-corrected chi connectivity index (χ1v) is 5.20. The Bertz CT molecular complexity index is 333. The molecule has 2 saturated heterocycles. The molecule has 1 amide bonds. The second-order valence-electron chi connectivity index (χ2n) is 4.66. The van der Waals surface area contributed by atoms with E-state index >= 15 is 0 Å². The van der Waals surface area contributed by atoms with E-state index < -0.39 is 11.1 Å². The van der Waals surface area contributed by atoms with Crippen molar-refractivity contribution in [1.29, 1.82) is 0 Å². The number of morpholine rings is 1. The first-order valence-electron chi connectivity index (χ1n) is 5.20. The maximum atomic E-state index is 12.1. The molecule has 0 aromatic carbocycles. The lowest BCUT2D eigenvalue weighted by Gasteiger charge is -2.45. The van der Waals surface area contributed by atoms with Crippen LogP contribution in [0.2, 0.25) is 6.32 Å². The van der Waals surface area contributed by atoms with Crippen molar-refractivity contribution in [3.63, 3.8) is 0 Å². The molecule has 2 rings (SSSR count). The fourth-order valence-electron chi connectivity index (χ4n) is 2.27. The largest absolute Gasteiger partial charge is 0.448 e. The van der Waals surface area contributed by atoms with Gasteiger partial charge in [-0.3, -0.25) is 4.79 Å². The second-order valence-corrected chi connectivity index (χ2v) is 4.66. The Morgan fingerprint density at radius 3 is 2.73 bits per heavy atom. The predicted octanol–water partition coefficient (Wildman–Crippen LogP) is 0.270. The molecule has 0 aromatic rings. The molecule has 2 radical (unpaired) electrons. The average Bonchev–Trinajstić information content (AvgIpc) is 2.59. The molecule has 2 heterocycles. The number of carbonyl (C=O) groups excluding carboxylic acids is 2. The molecule has 5 heteroatoms. The smallest absolute Gasteiger partial charge is 0.332 e. The van der Waals surface area contributed by atoms with Crippen molar-refractivity contribution in [2.75, 3.05) is 6.54 Å². The van der Waals surface area contributed by atoms with Gasteiger partial charge in [-0.2, -0.15) is 0 Å². The minimum absolute atomic E-state index is 0.0319. The highest BCUT2D eigenvalue weighted by molar-refractivity contribution is 6.13. The van der Waals surface area contributed by atoms with Gasteiger partial charge >= 0.3 is 5.97 Å². The number of hydrogen-bond acceptors (Lipinski definition) is 3. The van der Waals surface area contributed by atoms with Crippen LogP contribution in [0.15, 0.2) is 0 Å². The monoisotopic (exact) mass is 207 g/mol. The summed E-state index contributed by atoms with van der Waals surface area (Å²) in [5.41, 5.74) is -1.92. The van der Waals surface area contributed by atoms with Crippen LogP contribution < -0.4 is 0 Å². The maximum absolute atomic E-state index is 12.1. The van der Waals surface area contributed by atoms with Crippen LogP contribution in [0, 0.1) is 0 Å². The quantitative estimate of drug-likeness (QED) is 0.458. The van der Waals surface area contributed by atoms with Gasteiger partial charge < -0.3 is 9.64 Å². The summed E-state index contributed by atoms with van der Waals surface area (Å²) < 4.78 is 5.20. The highest BCUT2D eigenvalue weighted by Gasteiger charge is 2.57. The molecular weight excluding hydrogens is 193 g/mol. The van der Waals surface area contributed by atoms with Crippen LogP contribution in [0.3, 0.4) is 0 Å². The number of carbonyl (C=O) groups is 2. The van der Waals surface area contributed by atoms with E-state index in [2.05, 4.69) is 0 Å². The lowest BCUT2D eigenvalue weighted by atomic mass is 9.83.